The van der Waals surface area contributed by atoms with Crippen molar-refractivity contribution in [2.75, 3.05) is 12.8 Å². The van der Waals surface area contributed by atoms with Gasteiger partial charge in [-0.2, -0.15) is 4.39 Å². The van der Waals surface area contributed by atoms with E-state index in [-0.39, 0.29) is 22.9 Å². The second-order valence-corrected chi connectivity index (χ2v) is 13.4. The maximum absolute atomic E-state index is 14.7. The number of hydrogen-bond acceptors (Lipinski definition) is 2. The van der Waals surface area contributed by atoms with E-state index in [0.29, 0.717) is 13.0 Å². The molecule has 0 aromatic heterocycles. The van der Waals surface area contributed by atoms with E-state index < -0.39 is 19.2 Å². The molecule has 0 saturated heterocycles. The summed E-state index contributed by atoms with van der Waals surface area (Å²) >= 11 is 0. The second-order valence-electron chi connectivity index (χ2n) is 11.6. The Morgan fingerprint density at radius 3 is 1.92 bits per heavy atom. The van der Waals surface area contributed by atoms with Crippen molar-refractivity contribution in [2.24, 2.45) is 23.2 Å². The Labute approximate surface area is 214 Å². The van der Waals surface area contributed by atoms with Gasteiger partial charge in [0.05, 0.1) is 12.2 Å². The summed E-state index contributed by atoms with van der Waals surface area (Å²) in [5.41, 5.74) is 0.149. The Balaban J connectivity index is 1.13. The highest BCUT2D eigenvalue weighted by Crippen LogP contribution is 2.59. The predicted molar refractivity (Wildman–Crippen MR) is 138 cm³/mol. The van der Waals surface area contributed by atoms with Gasteiger partial charge in [-0.15, -0.1) is 0 Å². The van der Waals surface area contributed by atoms with Crippen LogP contribution in [0.15, 0.2) is 12.1 Å². The molecule has 0 atom stereocenters. The first-order chi connectivity index (χ1) is 17.2. The molecule has 0 unspecified atom stereocenters. The van der Waals surface area contributed by atoms with E-state index in [1.807, 2.05) is 0 Å². The third-order valence-corrected chi connectivity index (χ3v) is 9.30. The van der Waals surface area contributed by atoms with Crippen molar-refractivity contribution in [2.45, 2.75) is 96.3 Å². The summed E-state index contributed by atoms with van der Waals surface area (Å²) in [6.07, 6.45) is 15.9. The smallest absolute Gasteiger partial charge is 0.325 e. The van der Waals surface area contributed by atoms with Crippen LogP contribution in [0.2, 0.25) is 0 Å². The number of hydrogen-bond donors (Lipinski definition) is 2. The van der Waals surface area contributed by atoms with Crippen LogP contribution in [-0.2, 0) is 4.57 Å². The summed E-state index contributed by atoms with van der Waals surface area (Å²) < 4.78 is 45.6. The van der Waals surface area contributed by atoms with Crippen molar-refractivity contribution in [3.63, 3.8) is 0 Å². The summed E-state index contributed by atoms with van der Waals surface area (Å²) in [5, 5.41) is 0. The second kappa shape index (κ2) is 12.4. The molecule has 4 fully saturated rings. The third-order valence-electron chi connectivity index (χ3n) is 8.40. The molecule has 0 amide bonds. The van der Waals surface area contributed by atoms with Crippen LogP contribution >= 0.6 is 7.60 Å². The van der Waals surface area contributed by atoms with Gasteiger partial charge in [0, 0.05) is 11.6 Å². The van der Waals surface area contributed by atoms with E-state index in [1.54, 1.807) is 6.07 Å². The number of unbranched alkanes of at least 4 members (excludes halogenated alkanes) is 8. The van der Waals surface area contributed by atoms with Gasteiger partial charge >= 0.3 is 7.60 Å². The SMILES string of the molecule is O=P(O)(O)CCCCCCCCCCCOc1ccc(C#CC23CC4CC(CC(C4)C2)C3)c(F)c1F. The van der Waals surface area contributed by atoms with Crippen molar-refractivity contribution >= 4 is 7.60 Å². The van der Waals surface area contributed by atoms with Gasteiger partial charge in [0.2, 0.25) is 5.82 Å². The number of benzene rings is 1. The molecule has 5 rings (SSSR count). The standard InChI is InChI=1S/C29H41F2O4P/c30-27-25(12-13-29-19-22-16-23(20-29)18-24(17-22)21-29)10-11-26(28(27)31)35-14-8-6-4-2-1-3-5-7-9-15-36(32,33)34/h10-11,22-24H,1-9,14-21H2,(H2,32,33,34). The van der Waals surface area contributed by atoms with Crippen molar-refractivity contribution in [3.05, 3.63) is 29.3 Å². The molecule has 7 heteroatoms. The molecule has 4 aliphatic carbocycles. The third kappa shape index (κ3) is 7.80. The molecule has 4 aliphatic rings. The fraction of sp³-hybridized carbons (Fsp3) is 0.724. The Hall–Kier alpha value is -1.41. The van der Waals surface area contributed by atoms with Crippen molar-refractivity contribution in [1.29, 1.82) is 0 Å². The van der Waals surface area contributed by atoms with E-state index in [4.69, 9.17) is 14.5 Å². The maximum Gasteiger partial charge on any atom is 0.325 e. The minimum absolute atomic E-state index is 0.0124. The van der Waals surface area contributed by atoms with Crippen molar-refractivity contribution < 1.29 is 27.9 Å². The Bertz CT molecular complexity index is 958. The molecule has 1 aromatic rings. The summed E-state index contributed by atoms with van der Waals surface area (Å²) in [5.74, 6) is 6.85. The van der Waals surface area contributed by atoms with Crippen LogP contribution in [0.1, 0.15) is 102 Å². The maximum atomic E-state index is 14.7. The highest BCUT2D eigenvalue weighted by Gasteiger charge is 2.50. The number of ether oxygens (including phenoxy) is 1. The van der Waals surface area contributed by atoms with Gasteiger partial charge in [-0.05, 0) is 81.3 Å². The Morgan fingerprint density at radius 2 is 1.36 bits per heavy atom. The zero-order valence-corrected chi connectivity index (χ0v) is 22.2. The minimum atomic E-state index is -3.85. The first kappa shape index (κ1) is 27.6. The van der Waals surface area contributed by atoms with E-state index in [2.05, 4.69) is 11.8 Å². The normalized spacial score (nSPS) is 26.6. The van der Waals surface area contributed by atoms with E-state index in [0.717, 1.165) is 88.4 Å². The van der Waals surface area contributed by atoms with Gasteiger partial charge in [-0.3, -0.25) is 4.57 Å². The molecular formula is C29H41F2O4P. The number of rotatable bonds is 13. The molecule has 1 aromatic carbocycles. The molecule has 0 radical (unpaired) electrons. The number of halogens is 2. The monoisotopic (exact) mass is 522 g/mol. The summed E-state index contributed by atoms with van der Waals surface area (Å²) in [6.45, 7) is 0.358. The van der Waals surface area contributed by atoms with Crippen LogP contribution in [0.25, 0.3) is 0 Å². The Morgan fingerprint density at radius 1 is 0.833 bits per heavy atom. The molecule has 0 heterocycles. The first-order valence-electron chi connectivity index (χ1n) is 13.9. The molecular weight excluding hydrogens is 481 g/mol. The zero-order valence-electron chi connectivity index (χ0n) is 21.3. The quantitative estimate of drug-likeness (QED) is 0.159. The van der Waals surface area contributed by atoms with Crippen LogP contribution in [0.4, 0.5) is 8.78 Å². The lowest BCUT2D eigenvalue weighted by molar-refractivity contribution is -0.0181. The van der Waals surface area contributed by atoms with Crippen molar-refractivity contribution in [1.82, 2.24) is 0 Å². The lowest BCUT2D eigenvalue weighted by Gasteiger charge is -2.54. The highest BCUT2D eigenvalue weighted by atomic mass is 31.2. The average molecular weight is 523 g/mol. The first-order valence-corrected chi connectivity index (χ1v) is 15.7. The van der Waals surface area contributed by atoms with Gasteiger partial charge in [0.1, 0.15) is 0 Å². The van der Waals surface area contributed by atoms with Gasteiger partial charge in [0.15, 0.2) is 11.6 Å². The molecule has 4 bridgehead atoms. The lowest BCUT2D eigenvalue weighted by atomic mass is 9.50. The van der Waals surface area contributed by atoms with E-state index in [9.17, 15) is 13.3 Å². The van der Waals surface area contributed by atoms with Crippen molar-refractivity contribution in [3.8, 4) is 17.6 Å². The molecule has 36 heavy (non-hydrogen) atoms. The van der Waals surface area contributed by atoms with Gasteiger partial charge < -0.3 is 14.5 Å². The predicted octanol–water partition coefficient (Wildman–Crippen LogP) is 7.60. The molecule has 0 aliphatic heterocycles. The Kier molecular flexibility index (Phi) is 9.53. The van der Waals surface area contributed by atoms with Crippen LogP contribution in [0.3, 0.4) is 0 Å². The zero-order chi connectivity index (χ0) is 25.6. The largest absolute Gasteiger partial charge is 0.490 e. The van der Waals surface area contributed by atoms with Crippen LogP contribution in [0.5, 0.6) is 5.75 Å². The fourth-order valence-electron chi connectivity index (χ4n) is 7.04. The van der Waals surface area contributed by atoms with Crippen LogP contribution in [-0.4, -0.2) is 22.6 Å². The topological polar surface area (TPSA) is 66.8 Å². The van der Waals surface area contributed by atoms with Gasteiger partial charge in [-0.1, -0.05) is 56.8 Å². The van der Waals surface area contributed by atoms with Gasteiger partial charge in [-0.25, -0.2) is 4.39 Å². The lowest BCUT2D eigenvalue weighted by Crippen LogP contribution is -2.45. The molecule has 0 spiro atoms. The highest BCUT2D eigenvalue weighted by molar-refractivity contribution is 7.51. The summed E-state index contributed by atoms with van der Waals surface area (Å²) in [4.78, 5) is 17.7. The van der Waals surface area contributed by atoms with Crippen LogP contribution < -0.4 is 4.74 Å². The average Bonchev–Trinajstić information content (AvgIpc) is 2.80. The van der Waals surface area contributed by atoms with Gasteiger partial charge in [0.25, 0.3) is 0 Å². The molecule has 200 valence electrons. The molecule has 4 saturated carbocycles. The summed E-state index contributed by atoms with van der Waals surface area (Å²) in [7, 11) is -3.85. The van der Waals surface area contributed by atoms with E-state index >= 15 is 0 Å². The minimum Gasteiger partial charge on any atom is -0.490 e. The fourth-order valence-corrected chi connectivity index (χ4v) is 7.68. The van der Waals surface area contributed by atoms with E-state index in [1.165, 1.54) is 25.3 Å². The molecule has 2 N–H and O–H groups in total. The van der Waals surface area contributed by atoms with Crippen LogP contribution in [0, 0.1) is 46.6 Å². The summed E-state index contributed by atoms with van der Waals surface area (Å²) in [6, 6.07) is 3.07. The molecule has 4 nitrogen and oxygen atoms in total.